The minimum absolute atomic E-state index is 0.136. The van der Waals surface area contributed by atoms with E-state index in [2.05, 4.69) is 20.8 Å². The second-order valence-electron chi connectivity index (χ2n) is 8.59. The first kappa shape index (κ1) is 22.7. The van der Waals surface area contributed by atoms with Crippen molar-refractivity contribution in [3.63, 3.8) is 0 Å². The lowest BCUT2D eigenvalue weighted by atomic mass is 9.91. The summed E-state index contributed by atoms with van der Waals surface area (Å²) in [4.78, 5) is 17.1. The van der Waals surface area contributed by atoms with Gasteiger partial charge in [0, 0.05) is 43.4 Å². The number of pyridine rings is 1. The Hall–Kier alpha value is -2.46. The zero-order valence-corrected chi connectivity index (χ0v) is 19.6. The average molecular weight is 462 g/mol. The van der Waals surface area contributed by atoms with E-state index in [1.807, 2.05) is 13.8 Å². The Morgan fingerprint density at radius 3 is 2.50 bits per heavy atom. The first-order chi connectivity index (χ1) is 15.4. The maximum Gasteiger partial charge on any atom is 0.273 e. The van der Waals surface area contributed by atoms with Gasteiger partial charge in [0.05, 0.1) is 0 Å². The molecule has 9 nitrogen and oxygen atoms in total. The molecule has 0 aromatic carbocycles. The third-order valence-electron chi connectivity index (χ3n) is 6.41. The lowest BCUT2D eigenvalue weighted by Crippen LogP contribution is -2.56. The topological polar surface area (TPSA) is 117 Å². The predicted molar refractivity (Wildman–Crippen MR) is 120 cm³/mol. The number of amides is 1. The highest BCUT2D eigenvalue weighted by Crippen LogP contribution is 2.40. The standard InChI is InChI=1S/C22H31N5O4S/c1-4-16-11-15(25-22(28)18-13-19(31-26-18)14-8-9-14)12-17(5-2)27(16)32(29,30)20-7-6-10-24-21(20)23-3/h6-7,10,13-17H,4-5,8-9,11-12H2,1-3H3,(H,23,24)(H,25,28). The molecule has 32 heavy (non-hydrogen) atoms. The number of piperidine rings is 1. The van der Waals surface area contributed by atoms with Crippen LogP contribution in [0.25, 0.3) is 0 Å². The summed E-state index contributed by atoms with van der Waals surface area (Å²) in [7, 11) is -2.10. The minimum Gasteiger partial charge on any atom is -0.372 e. The summed E-state index contributed by atoms with van der Waals surface area (Å²) in [6, 6.07) is 4.35. The fraction of sp³-hybridized carbons (Fsp3) is 0.591. The van der Waals surface area contributed by atoms with Crippen molar-refractivity contribution in [3.8, 4) is 0 Å². The maximum atomic E-state index is 13.7. The van der Waals surface area contributed by atoms with E-state index < -0.39 is 10.0 Å². The van der Waals surface area contributed by atoms with Crippen molar-refractivity contribution in [1.82, 2.24) is 19.8 Å². The number of carbonyl (C=O) groups is 1. The highest BCUT2D eigenvalue weighted by atomic mass is 32.2. The van der Waals surface area contributed by atoms with Crippen LogP contribution in [-0.4, -0.2) is 53.9 Å². The van der Waals surface area contributed by atoms with E-state index in [1.165, 1.54) is 0 Å². The summed E-state index contributed by atoms with van der Waals surface area (Å²) < 4.78 is 34.3. The Morgan fingerprint density at radius 1 is 1.22 bits per heavy atom. The molecule has 3 heterocycles. The van der Waals surface area contributed by atoms with Crippen LogP contribution in [0.4, 0.5) is 5.82 Å². The van der Waals surface area contributed by atoms with Crippen LogP contribution in [0.1, 0.15) is 74.5 Å². The molecule has 4 rings (SSSR count). The Morgan fingerprint density at radius 2 is 1.91 bits per heavy atom. The molecule has 1 aliphatic carbocycles. The van der Waals surface area contributed by atoms with Crippen molar-refractivity contribution in [3.05, 3.63) is 35.9 Å². The molecule has 0 spiro atoms. The van der Waals surface area contributed by atoms with E-state index in [9.17, 15) is 13.2 Å². The van der Waals surface area contributed by atoms with Gasteiger partial charge in [0.2, 0.25) is 10.0 Å². The van der Waals surface area contributed by atoms with Crippen LogP contribution in [0, 0.1) is 0 Å². The average Bonchev–Trinajstić information content (AvgIpc) is 3.54. The Kier molecular flexibility index (Phi) is 6.52. The molecule has 1 saturated heterocycles. The SMILES string of the molecule is CCC1CC(NC(=O)c2cc(C3CC3)on2)CC(CC)N1S(=O)(=O)c1cccnc1NC. The number of aromatic nitrogens is 2. The summed E-state index contributed by atoms with van der Waals surface area (Å²) >= 11 is 0. The third-order valence-corrected chi connectivity index (χ3v) is 8.45. The first-order valence-corrected chi connectivity index (χ1v) is 12.8. The molecular formula is C22H31N5O4S. The van der Waals surface area contributed by atoms with Crippen LogP contribution in [-0.2, 0) is 10.0 Å². The van der Waals surface area contributed by atoms with E-state index in [0.717, 1.165) is 18.6 Å². The van der Waals surface area contributed by atoms with Gasteiger partial charge in [-0.3, -0.25) is 4.79 Å². The van der Waals surface area contributed by atoms with Crippen molar-refractivity contribution in [2.45, 2.75) is 81.3 Å². The lowest BCUT2D eigenvalue weighted by Gasteiger charge is -2.44. The molecule has 2 fully saturated rings. The minimum atomic E-state index is -3.76. The van der Waals surface area contributed by atoms with Crippen LogP contribution in [0.3, 0.4) is 0 Å². The van der Waals surface area contributed by atoms with Crippen LogP contribution in [0.2, 0.25) is 0 Å². The fourth-order valence-electron chi connectivity index (χ4n) is 4.58. The molecule has 0 bridgehead atoms. The van der Waals surface area contributed by atoms with Gasteiger partial charge >= 0.3 is 0 Å². The number of nitrogens with zero attached hydrogens (tertiary/aromatic N) is 3. The van der Waals surface area contributed by atoms with Gasteiger partial charge in [-0.25, -0.2) is 13.4 Å². The smallest absolute Gasteiger partial charge is 0.273 e. The lowest BCUT2D eigenvalue weighted by molar-refractivity contribution is 0.0866. The number of hydrogen-bond donors (Lipinski definition) is 2. The molecule has 1 saturated carbocycles. The molecule has 2 atom stereocenters. The maximum absolute atomic E-state index is 13.7. The quantitative estimate of drug-likeness (QED) is 0.620. The molecule has 2 aliphatic rings. The van der Waals surface area contributed by atoms with Gasteiger partial charge in [-0.2, -0.15) is 4.31 Å². The second-order valence-corrected chi connectivity index (χ2v) is 10.4. The van der Waals surface area contributed by atoms with E-state index in [0.29, 0.717) is 37.4 Å². The van der Waals surface area contributed by atoms with Crippen molar-refractivity contribution in [2.75, 3.05) is 12.4 Å². The molecule has 174 valence electrons. The molecule has 1 amide bonds. The number of hydrogen-bond acceptors (Lipinski definition) is 7. The van der Waals surface area contributed by atoms with Crippen molar-refractivity contribution in [2.24, 2.45) is 0 Å². The van der Waals surface area contributed by atoms with Gasteiger partial charge in [-0.15, -0.1) is 0 Å². The van der Waals surface area contributed by atoms with E-state index in [-0.39, 0.29) is 34.6 Å². The van der Waals surface area contributed by atoms with Crippen molar-refractivity contribution < 1.29 is 17.7 Å². The fourth-order valence-corrected chi connectivity index (χ4v) is 6.71. The van der Waals surface area contributed by atoms with Gasteiger partial charge in [-0.05, 0) is 50.7 Å². The van der Waals surface area contributed by atoms with Crippen molar-refractivity contribution >= 4 is 21.7 Å². The normalized spacial score (nSPS) is 24.3. The molecule has 1 aliphatic heterocycles. The Labute approximate surface area is 189 Å². The van der Waals surface area contributed by atoms with Gasteiger partial charge in [0.15, 0.2) is 5.69 Å². The first-order valence-electron chi connectivity index (χ1n) is 11.3. The van der Waals surface area contributed by atoms with Gasteiger partial charge < -0.3 is 15.2 Å². The molecule has 2 aromatic heterocycles. The third kappa shape index (κ3) is 4.38. The highest BCUT2D eigenvalue weighted by molar-refractivity contribution is 7.89. The van der Waals surface area contributed by atoms with Crippen molar-refractivity contribution in [1.29, 1.82) is 0 Å². The van der Waals surface area contributed by atoms with Gasteiger partial charge in [0.25, 0.3) is 5.91 Å². The second kappa shape index (κ2) is 9.19. The van der Waals surface area contributed by atoms with E-state index in [4.69, 9.17) is 4.52 Å². The largest absolute Gasteiger partial charge is 0.372 e. The van der Waals surface area contributed by atoms with E-state index in [1.54, 1.807) is 35.7 Å². The molecule has 10 heteroatoms. The molecule has 2 unspecified atom stereocenters. The van der Waals surface area contributed by atoms with Crippen LogP contribution >= 0.6 is 0 Å². The monoisotopic (exact) mass is 461 g/mol. The van der Waals surface area contributed by atoms with Gasteiger partial charge in [-0.1, -0.05) is 19.0 Å². The number of carbonyl (C=O) groups excluding carboxylic acids is 1. The van der Waals surface area contributed by atoms with Gasteiger partial charge in [0.1, 0.15) is 16.5 Å². The Bertz CT molecular complexity index is 1050. The molecule has 2 N–H and O–H groups in total. The number of rotatable bonds is 8. The van der Waals surface area contributed by atoms with E-state index >= 15 is 0 Å². The zero-order chi connectivity index (χ0) is 22.9. The van der Waals surface area contributed by atoms with Crippen LogP contribution in [0.15, 0.2) is 33.8 Å². The summed E-state index contributed by atoms with van der Waals surface area (Å²) in [5, 5.41) is 9.87. The Balaban J connectivity index is 1.53. The zero-order valence-electron chi connectivity index (χ0n) is 18.7. The summed E-state index contributed by atoms with van der Waals surface area (Å²) in [6.45, 7) is 3.96. The molecule has 0 radical (unpaired) electrons. The molecular weight excluding hydrogens is 430 g/mol. The predicted octanol–water partition coefficient (Wildman–Crippen LogP) is 3.13. The summed E-state index contributed by atoms with van der Waals surface area (Å²) in [6.07, 6.45) is 6.10. The number of sulfonamides is 1. The molecule has 2 aromatic rings. The van der Waals surface area contributed by atoms with Crippen LogP contribution in [0.5, 0.6) is 0 Å². The summed E-state index contributed by atoms with van der Waals surface area (Å²) in [5.41, 5.74) is 0.289. The highest BCUT2D eigenvalue weighted by Gasteiger charge is 2.43. The summed E-state index contributed by atoms with van der Waals surface area (Å²) in [5.74, 6) is 1.23. The number of anilines is 1. The number of nitrogens with one attached hydrogen (secondary N) is 2. The van der Waals surface area contributed by atoms with Crippen LogP contribution < -0.4 is 10.6 Å².